The molecule has 20 heavy (non-hydrogen) atoms. The van der Waals surface area contributed by atoms with Crippen LogP contribution in [-0.2, 0) is 0 Å². The standard InChI is InChI=1S/C11H10N4O5/c1-6-9(10(16)14(13-6)11(12)17)20-8-4-2-7(3-5-8)15(18)19/h2-5,13H,1H3,(H2,12,17). The molecule has 1 heterocycles. The molecule has 0 aliphatic carbocycles. The van der Waals surface area contributed by atoms with Crippen LogP contribution in [0.5, 0.6) is 11.5 Å². The third-order valence-electron chi connectivity index (χ3n) is 2.51. The van der Waals surface area contributed by atoms with Crippen molar-refractivity contribution in [2.75, 3.05) is 0 Å². The first-order chi connectivity index (χ1) is 9.40. The van der Waals surface area contributed by atoms with E-state index in [4.69, 9.17) is 10.5 Å². The largest absolute Gasteiger partial charge is 0.450 e. The van der Waals surface area contributed by atoms with E-state index in [-0.39, 0.29) is 17.2 Å². The van der Waals surface area contributed by atoms with E-state index in [0.717, 1.165) is 0 Å². The first-order valence-corrected chi connectivity index (χ1v) is 5.44. The molecule has 0 saturated carbocycles. The number of H-pyrrole nitrogens is 1. The molecule has 1 amide bonds. The van der Waals surface area contributed by atoms with E-state index in [9.17, 15) is 19.7 Å². The number of hydrogen-bond acceptors (Lipinski definition) is 5. The Morgan fingerprint density at radius 1 is 1.40 bits per heavy atom. The van der Waals surface area contributed by atoms with Gasteiger partial charge in [-0.2, -0.15) is 4.68 Å². The van der Waals surface area contributed by atoms with Gasteiger partial charge < -0.3 is 10.5 Å². The van der Waals surface area contributed by atoms with Crippen LogP contribution in [0.15, 0.2) is 29.1 Å². The lowest BCUT2D eigenvalue weighted by atomic mass is 10.3. The molecule has 2 rings (SSSR count). The van der Waals surface area contributed by atoms with Gasteiger partial charge in [-0.3, -0.25) is 20.0 Å². The number of rotatable bonds is 3. The number of carbonyl (C=O) groups excluding carboxylic acids is 1. The molecule has 9 nitrogen and oxygen atoms in total. The number of aromatic nitrogens is 2. The number of primary amides is 1. The number of ether oxygens (including phenoxy) is 1. The molecular formula is C11H10N4O5. The molecule has 0 radical (unpaired) electrons. The number of aryl methyl sites for hydroxylation is 1. The van der Waals surface area contributed by atoms with Crippen LogP contribution < -0.4 is 16.0 Å². The highest BCUT2D eigenvalue weighted by atomic mass is 16.6. The molecule has 0 atom stereocenters. The van der Waals surface area contributed by atoms with Crippen LogP contribution in [0.4, 0.5) is 10.5 Å². The van der Waals surface area contributed by atoms with E-state index in [1.165, 1.54) is 31.2 Å². The van der Waals surface area contributed by atoms with E-state index in [0.29, 0.717) is 10.4 Å². The summed E-state index contributed by atoms with van der Waals surface area (Å²) >= 11 is 0. The molecule has 0 aliphatic heterocycles. The Kier molecular flexibility index (Phi) is 3.25. The van der Waals surface area contributed by atoms with Crippen LogP contribution in [0.3, 0.4) is 0 Å². The van der Waals surface area contributed by atoms with Crippen LogP contribution in [0.25, 0.3) is 0 Å². The smallest absolute Gasteiger partial charge is 0.341 e. The highest BCUT2D eigenvalue weighted by Gasteiger charge is 2.16. The minimum Gasteiger partial charge on any atom is -0.450 e. The van der Waals surface area contributed by atoms with Crippen LogP contribution in [0, 0.1) is 17.0 Å². The van der Waals surface area contributed by atoms with Gasteiger partial charge in [0, 0.05) is 12.1 Å². The van der Waals surface area contributed by atoms with Gasteiger partial charge in [-0.25, -0.2) is 4.79 Å². The monoisotopic (exact) mass is 278 g/mol. The summed E-state index contributed by atoms with van der Waals surface area (Å²) in [7, 11) is 0. The fourth-order valence-electron chi connectivity index (χ4n) is 1.56. The maximum atomic E-state index is 11.8. The van der Waals surface area contributed by atoms with E-state index >= 15 is 0 Å². The second-order valence-corrected chi connectivity index (χ2v) is 3.90. The molecule has 0 saturated heterocycles. The van der Waals surface area contributed by atoms with Crippen LogP contribution in [0.2, 0.25) is 0 Å². The third kappa shape index (κ3) is 2.36. The number of nitro groups is 1. The molecule has 3 N–H and O–H groups in total. The summed E-state index contributed by atoms with van der Waals surface area (Å²) in [5.41, 5.74) is 4.49. The number of hydrogen-bond donors (Lipinski definition) is 2. The van der Waals surface area contributed by atoms with E-state index in [2.05, 4.69) is 5.10 Å². The minimum atomic E-state index is -0.961. The predicted molar refractivity (Wildman–Crippen MR) is 67.9 cm³/mol. The molecule has 0 bridgehead atoms. The molecule has 0 fully saturated rings. The van der Waals surface area contributed by atoms with Crippen molar-refractivity contribution in [3.8, 4) is 11.5 Å². The van der Waals surface area contributed by atoms with Gasteiger partial charge in [-0.15, -0.1) is 0 Å². The maximum Gasteiger partial charge on any atom is 0.341 e. The van der Waals surface area contributed by atoms with Gasteiger partial charge in [-0.05, 0) is 19.1 Å². The molecule has 2 aromatic rings. The number of nitrogens with two attached hydrogens (primary N) is 1. The maximum absolute atomic E-state index is 11.8. The summed E-state index contributed by atoms with van der Waals surface area (Å²) in [6, 6.07) is 4.21. The second-order valence-electron chi connectivity index (χ2n) is 3.90. The van der Waals surface area contributed by atoms with Crippen molar-refractivity contribution in [2.45, 2.75) is 6.92 Å². The van der Waals surface area contributed by atoms with Crippen molar-refractivity contribution in [3.05, 3.63) is 50.4 Å². The fraction of sp³-hybridized carbons (Fsp3) is 0.0909. The van der Waals surface area contributed by atoms with Crippen LogP contribution in [-0.4, -0.2) is 20.7 Å². The summed E-state index contributed by atoms with van der Waals surface area (Å²) in [5, 5.41) is 13.0. The first kappa shape index (κ1) is 13.3. The Bertz CT molecular complexity index is 728. The zero-order valence-electron chi connectivity index (χ0n) is 10.3. The lowest BCUT2D eigenvalue weighted by Crippen LogP contribution is -2.30. The van der Waals surface area contributed by atoms with Crippen molar-refractivity contribution in [1.82, 2.24) is 9.78 Å². The van der Waals surface area contributed by atoms with E-state index in [1.54, 1.807) is 0 Å². The number of benzene rings is 1. The van der Waals surface area contributed by atoms with Crippen LogP contribution >= 0.6 is 0 Å². The van der Waals surface area contributed by atoms with E-state index in [1.807, 2.05) is 0 Å². The zero-order chi connectivity index (χ0) is 14.9. The number of nitrogens with one attached hydrogen (secondary N) is 1. The summed E-state index contributed by atoms with van der Waals surface area (Å²) in [6.45, 7) is 1.53. The predicted octanol–water partition coefficient (Wildman–Crippen LogP) is 1.11. The SMILES string of the molecule is Cc1[nH]n(C(N)=O)c(=O)c1Oc1ccc([N+](=O)[O-])cc1. The van der Waals surface area contributed by atoms with Crippen LogP contribution in [0.1, 0.15) is 5.69 Å². The molecule has 0 aliphatic rings. The Hall–Kier alpha value is -3.10. The third-order valence-corrected chi connectivity index (χ3v) is 2.51. The van der Waals surface area contributed by atoms with E-state index < -0.39 is 16.5 Å². The van der Waals surface area contributed by atoms with Gasteiger partial charge in [0.25, 0.3) is 5.69 Å². The number of non-ortho nitro benzene ring substituents is 1. The Labute approximate surface area is 111 Å². The molecule has 0 unspecified atom stereocenters. The van der Waals surface area contributed by atoms with Gasteiger partial charge in [0.15, 0.2) is 0 Å². The molecule has 9 heteroatoms. The second kappa shape index (κ2) is 4.88. The van der Waals surface area contributed by atoms with Crippen molar-refractivity contribution in [3.63, 3.8) is 0 Å². The van der Waals surface area contributed by atoms with Gasteiger partial charge in [0.2, 0.25) is 5.75 Å². The average molecular weight is 278 g/mol. The number of amides is 1. The van der Waals surface area contributed by atoms with Crippen molar-refractivity contribution in [1.29, 1.82) is 0 Å². The Balaban J connectivity index is 2.33. The van der Waals surface area contributed by atoms with Crippen molar-refractivity contribution < 1.29 is 14.5 Å². The number of nitrogens with zero attached hydrogens (tertiary/aromatic N) is 2. The molecule has 1 aromatic carbocycles. The van der Waals surface area contributed by atoms with Gasteiger partial charge >= 0.3 is 11.6 Å². The molecule has 1 aromatic heterocycles. The molecule has 104 valence electrons. The average Bonchev–Trinajstić information content (AvgIpc) is 2.67. The number of aromatic amines is 1. The normalized spacial score (nSPS) is 10.2. The van der Waals surface area contributed by atoms with Gasteiger partial charge in [0.05, 0.1) is 10.6 Å². The first-order valence-electron chi connectivity index (χ1n) is 5.44. The number of nitro benzene ring substituents is 1. The summed E-state index contributed by atoms with van der Waals surface area (Å²) in [5.74, 6) is 0.129. The van der Waals surface area contributed by atoms with Gasteiger partial charge in [0.1, 0.15) is 5.75 Å². The molecular weight excluding hydrogens is 268 g/mol. The quantitative estimate of drug-likeness (QED) is 0.640. The summed E-state index contributed by atoms with van der Waals surface area (Å²) < 4.78 is 5.92. The topological polar surface area (TPSA) is 133 Å². The lowest BCUT2D eigenvalue weighted by Gasteiger charge is -2.02. The minimum absolute atomic E-state index is 0.0994. The van der Waals surface area contributed by atoms with Crippen molar-refractivity contribution in [2.24, 2.45) is 5.73 Å². The lowest BCUT2D eigenvalue weighted by molar-refractivity contribution is -0.384. The van der Waals surface area contributed by atoms with Gasteiger partial charge in [-0.1, -0.05) is 0 Å². The summed E-state index contributed by atoms with van der Waals surface area (Å²) in [4.78, 5) is 32.8. The Morgan fingerprint density at radius 3 is 2.45 bits per heavy atom. The number of carbonyl (C=O) groups is 1. The molecule has 0 spiro atoms. The Morgan fingerprint density at radius 2 is 2.00 bits per heavy atom. The highest BCUT2D eigenvalue weighted by molar-refractivity contribution is 5.74. The summed E-state index contributed by atoms with van der Waals surface area (Å²) in [6.07, 6.45) is 0. The van der Waals surface area contributed by atoms with Crippen molar-refractivity contribution >= 4 is 11.7 Å². The zero-order valence-corrected chi connectivity index (χ0v) is 10.3. The fourth-order valence-corrected chi connectivity index (χ4v) is 1.56. The highest BCUT2D eigenvalue weighted by Crippen LogP contribution is 2.23.